The number of pyridine rings is 1. The van der Waals surface area contributed by atoms with E-state index in [9.17, 15) is 23.8 Å². The average molecular weight is 529 g/mol. The number of aliphatic carboxylic acids is 1. The first-order valence-corrected chi connectivity index (χ1v) is 13.0. The highest BCUT2D eigenvalue weighted by Crippen LogP contribution is 2.52. The fraction of sp³-hybridized carbons (Fsp3) is 0.448. The number of hydrogen-bond acceptors (Lipinski definition) is 5. The topological polar surface area (TPSA) is 91.7 Å². The number of ether oxygens (including phenoxy) is 1. The Hall–Kier alpha value is -3.17. The molecular weight excluding hydrogens is 497 g/mol. The van der Waals surface area contributed by atoms with Gasteiger partial charge in [0.25, 0.3) is 0 Å². The first kappa shape index (κ1) is 26.4. The van der Waals surface area contributed by atoms with Gasteiger partial charge in [-0.25, -0.2) is 13.2 Å². The van der Waals surface area contributed by atoms with E-state index in [2.05, 4.69) is 10.3 Å². The van der Waals surface area contributed by atoms with Gasteiger partial charge in [-0.05, 0) is 86.2 Å². The van der Waals surface area contributed by atoms with Crippen LogP contribution in [0.15, 0.2) is 42.6 Å². The van der Waals surface area contributed by atoms with Crippen LogP contribution in [0.4, 0.5) is 13.2 Å². The van der Waals surface area contributed by atoms with E-state index in [0.717, 1.165) is 6.20 Å². The van der Waals surface area contributed by atoms with Crippen LogP contribution < -0.4 is 10.1 Å². The lowest BCUT2D eigenvalue weighted by molar-refractivity contribution is -0.146. The van der Waals surface area contributed by atoms with E-state index in [1.54, 1.807) is 18.2 Å². The molecule has 9 heteroatoms. The van der Waals surface area contributed by atoms with Crippen molar-refractivity contribution < 1.29 is 32.9 Å². The Kier molecular flexibility index (Phi) is 7.59. The van der Waals surface area contributed by atoms with Gasteiger partial charge in [-0.3, -0.25) is 9.78 Å². The summed E-state index contributed by atoms with van der Waals surface area (Å²) >= 11 is 0. The number of nitrogens with zero attached hydrogens (tertiary/aromatic N) is 1. The molecule has 1 aromatic heterocycles. The van der Waals surface area contributed by atoms with E-state index in [0.29, 0.717) is 49.0 Å². The second-order valence-corrected chi connectivity index (χ2v) is 10.5. The Morgan fingerprint density at radius 2 is 1.89 bits per heavy atom. The summed E-state index contributed by atoms with van der Waals surface area (Å²) in [5.74, 6) is -3.89. The summed E-state index contributed by atoms with van der Waals surface area (Å²) in [5.41, 5.74) is 0.652. The van der Waals surface area contributed by atoms with Crippen LogP contribution in [0.25, 0.3) is 10.9 Å². The van der Waals surface area contributed by atoms with E-state index in [1.807, 2.05) is 0 Å². The van der Waals surface area contributed by atoms with E-state index in [4.69, 9.17) is 4.74 Å². The number of aliphatic hydroxyl groups is 1. The summed E-state index contributed by atoms with van der Waals surface area (Å²) < 4.78 is 49.3. The summed E-state index contributed by atoms with van der Waals surface area (Å²) in [6.45, 7) is 0.928. The van der Waals surface area contributed by atoms with Gasteiger partial charge in [0.05, 0.1) is 30.8 Å². The number of carbonyl (C=O) groups is 1. The van der Waals surface area contributed by atoms with Gasteiger partial charge in [-0.1, -0.05) is 6.07 Å². The minimum Gasteiger partial charge on any atom is -0.497 e. The molecule has 202 valence electrons. The molecule has 2 aliphatic rings. The molecule has 1 aliphatic carbocycles. The molecule has 4 atom stereocenters. The normalized spacial score (nSPS) is 25.0. The zero-order valence-corrected chi connectivity index (χ0v) is 21.0. The molecule has 5 rings (SSSR count). The molecule has 2 fully saturated rings. The fourth-order valence-electron chi connectivity index (χ4n) is 6.54. The predicted octanol–water partition coefficient (Wildman–Crippen LogP) is 5.20. The zero-order chi connectivity index (χ0) is 27.0. The maximum absolute atomic E-state index is 15.1. The maximum Gasteiger partial charge on any atom is 0.308 e. The van der Waals surface area contributed by atoms with Crippen LogP contribution in [0, 0.1) is 41.1 Å². The van der Waals surface area contributed by atoms with Gasteiger partial charge in [0.1, 0.15) is 23.2 Å². The SMILES string of the molecule is COc1ccc2ncc(F)c([C@H](O)C[C@H](C3CC(c4c(F)cccc4F)C3)C3CCNCC3C(=O)O)c2c1. The second-order valence-electron chi connectivity index (χ2n) is 10.5. The molecule has 3 N–H and O–H groups in total. The minimum absolute atomic E-state index is 0.0569. The smallest absolute Gasteiger partial charge is 0.308 e. The Labute approximate surface area is 218 Å². The molecule has 1 saturated heterocycles. The van der Waals surface area contributed by atoms with Gasteiger partial charge in [0.2, 0.25) is 0 Å². The van der Waals surface area contributed by atoms with Crippen molar-refractivity contribution in [2.75, 3.05) is 20.2 Å². The number of aliphatic hydroxyl groups excluding tert-OH is 1. The predicted molar refractivity (Wildman–Crippen MR) is 135 cm³/mol. The summed E-state index contributed by atoms with van der Waals surface area (Å²) in [6.07, 6.45) is 1.49. The van der Waals surface area contributed by atoms with Gasteiger partial charge in [-0.15, -0.1) is 0 Å². The van der Waals surface area contributed by atoms with Crippen LogP contribution >= 0.6 is 0 Å². The van der Waals surface area contributed by atoms with Crippen molar-refractivity contribution in [3.63, 3.8) is 0 Å². The number of hydrogen-bond donors (Lipinski definition) is 3. The van der Waals surface area contributed by atoms with Gasteiger partial charge >= 0.3 is 5.97 Å². The molecule has 2 heterocycles. The van der Waals surface area contributed by atoms with Gasteiger partial charge < -0.3 is 20.3 Å². The van der Waals surface area contributed by atoms with Crippen molar-refractivity contribution in [3.8, 4) is 5.75 Å². The monoisotopic (exact) mass is 528 g/mol. The van der Waals surface area contributed by atoms with Crippen molar-refractivity contribution in [1.82, 2.24) is 10.3 Å². The number of carboxylic acids is 1. The summed E-state index contributed by atoms with van der Waals surface area (Å²) in [5, 5.41) is 24.9. The highest BCUT2D eigenvalue weighted by atomic mass is 19.1. The molecule has 1 saturated carbocycles. The number of rotatable bonds is 8. The van der Waals surface area contributed by atoms with Gasteiger partial charge in [0, 0.05) is 23.1 Å². The lowest BCUT2D eigenvalue weighted by Crippen LogP contribution is -2.47. The third kappa shape index (κ3) is 4.97. The van der Waals surface area contributed by atoms with Gasteiger partial charge in [0.15, 0.2) is 0 Å². The van der Waals surface area contributed by atoms with Crippen LogP contribution in [0.5, 0.6) is 5.75 Å². The van der Waals surface area contributed by atoms with Crippen LogP contribution in [-0.4, -0.2) is 41.4 Å². The highest BCUT2D eigenvalue weighted by Gasteiger charge is 2.46. The number of piperidine rings is 1. The fourth-order valence-corrected chi connectivity index (χ4v) is 6.54. The average Bonchev–Trinajstić information content (AvgIpc) is 2.88. The summed E-state index contributed by atoms with van der Waals surface area (Å²) in [6, 6.07) is 8.84. The summed E-state index contributed by atoms with van der Waals surface area (Å²) in [4.78, 5) is 16.3. The largest absolute Gasteiger partial charge is 0.497 e. The quantitative estimate of drug-likeness (QED) is 0.372. The van der Waals surface area contributed by atoms with Crippen LogP contribution in [0.3, 0.4) is 0 Å². The molecule has 38 heavy (non-hydrogen) atoms. The standard InChI is InChI=1S/C29H31F3N2O4/c1-38-17-5-6-25-20(11-17)28(24(32)14-34-25)26(35)12-19(18-7-8-33-13-21(18)29(36)37)15-9-16(10-15)27-22(30)3-2-4-23(27)31/h2-6,11,14-16,18-19,21,26,33,35H,7-10,12-13H2,1H3,(H,36,37)/t15?,16?,18?,19-,21?,26-/m1/s1. The Morgan fingerprint density at radius 1 is 1.16 bits per heavy atom. The number of benzene rings is 2. The van der Waals surface area contributed by atoms with Crippen molar-refractivity contribution in [2.45, 2.75) is 37.7 Å². The first-order chi connectivity index (χ1) is 18.3. The number of fused-ring (bicyclic) bond motifs is 1. The second kappa shape index (κ2) is 10.9. The van der Waals surface area contributed by atoms with Crippen molar-refractivity contribution in [1.29, 1.82) is 0 Å². The van der Waals surface area contributed by atoms with Gasteiger partial charge in [-0.2, -0.15) is 0 Å². The minimum atomic E-state index is -1.23. The maximum atomic E-state index is 15.1. The molecule has 0 bridgehead atoms. The molecule has 2 aromatic carbocycles. The molecule has 0 amide bonds. The van der Waals surface area contributed by atoms with E-state index in [1.165, 1.54) is 25.3 Å². The molecule has 1 aliphatic heterocycles. The van der Waals surface area contributed by atoms with Crippen LogP contribution in [-0.2, 0) is 4.79 Å². The number of methoxy groups -OCH3 is 1. The number of carboxylic acid groups (broad SMARTS) is 1. The Morgan fingerprint density at radius 3 is 2.58 bits per heavy atom. The Bertz CT molecular complexity index is 1310. The van der Waals surface area contributed by atoms with Crippen molar-refractivity contribution in [2.24, 2.45) is 23.7 Å². The van der Waals surface area contributed by atoms with Crippen LogP contribution in [0.2, 0.25) is 0 Å². The van der Waals surface area contributed by atoms with E-state index >= 15 is 4.39 Å². The van der Waals surface area contributed by atoms with E-state index in [-0.39, 0.29) is 41.2 Å². The molecule has 0 spiro atoms. The Balaban J connectivity index is 1.47. The summed E-state index contributed by atoms with van der Waals surface area (Å²) in [7, 11) is 1.49. The lowest BCUT2D eigenvalue weighted by atomic mass is 9.59. The van der Waals surface area contributed by atoms with Crippen molar-refractivity contribution in [3.05, 3.63) is 71.2 Å². The number of aromatic nitrogens is 1. The molecular formula is C29H31F3N2O4. The molecule has 2 unspecified atom stereocenters. The number of nitrogens with one attached hydrogen (secondary N) is 1. The molecule has 0 radical (unpaired) electrons. The van der Waals surface area contributed by atoms with Crippen molar-refractivity contribution >= 4 is 16.9 Å². The number of halogens is 3. The third-order valence-corrected chi connectivity index (χ3v) is 8.49. The van der Waals surface area contributed by atoms with E-state index < -0.39 is 35.4 Å². The molecule has 6 nitrogen and oxygen atoms in total. The zero-order valence-electron chi connectivity index (χ0n) is 21.0. The van der Waals surface area contributed by atoms with Crippen LogP contribution in [0.1, 0.15) is 48.8 Å². The first-order valence-electron chi connectivity index (χ1n) is 13.0. The third-order valence-electron chi connectivity index (χ3n) is 8.49. The highest BCUT2D eigenvalue weighted by molar-refractivity contribution is 5.84. The molecule has 3 aromatic rings. The lowest BCUT2D eigenvalue weighted by Gasteiger charge is -2.47.